The van der Waals surface area contributed by atoms with E-state index in [1.807, 2.05) is 60.7 Å². The lowest BCUT2D eigenvalue weighted by atomic mass is 9.95. The molecule has 0 unspecified atom stereocenters. The van der Waals surface area contributed by atoms with Gasteiger partial charge in [-0.1, -0.05) is 67.6 Å². The minimum Gasteiger partial charge on any atom is -0.371 e. The summed E-state index contributed by atoms with van der Waals surface area (Å²) in [6.07, 6.45) is 1.23. The summed E-state index contributed by atoms with van der Waals surface area (Å²) in [6, 6.07) is 19.4. The van der Waals surface area contributed by atoms with Crippen molar-refractivity contribution in [2.45, 2.75) is 31.9 Å². The molecular formula is C20H25NO3S. The Hall–Kier alpha value is -1.69. The topological polar surface area (TPSA) is 46.6 Å². The van der Waals surface area contributed by atoms with Gasteiger partial charge in [0.1, 0.15) is 6.10 Å². The Labute approximate surface area is 150 Å². The summed E-state index contributed by atoms with van der Waals surface area (Å²) in [6.45, 7) is 3.20. The smallest absolute Gasteiger partial charge is 0.214 e. The lowest BCUT2D eigenvalue weighted by Gasteiger charge is -2.34. The zero-order valence-electron chi connectivity index (χ0n) is 14.5. The number of hydrogen-bond acceptors (Lipinski definition) is 3. The standard InChI is InChI=1S/C20H25NO3S/c1-2-15-24-20(18-12-7-4-8-13-18)19(17-10-5-3-6-11-17)21-14-9-16-25(21,22)23/h3-8,10-13,19-20H,2,9,14-16H2,1H3/t19-,20+/m1/s1. The molecule has 134 valence electrons. The number of hydrogen-bond donors (Lipinski definition) is 0. The zero-order chi connectivity index (χ0) is 17.7. The molecule has 0 spiro atoms. The summed E-state index contributed by atoms with van der Waals surface area (Å²) in [5.41, 5.74) is 1.98. The molecule has 1 fully saturated rings. The second kappa shape index (κ2) is 8.13. The van der Waals surface area contributed by atoms with Gasteiger partial charge in [0.2, 0.25) is 10.0 Å². The molecule has 2 aromatic carbocycles. The summed E-state index contributed by atoms with van der Waals surface area (Å²) in [7, 11) is -3.26. The van der Waals surface area contributed by atoms with Crippen molar-refractivity contribution in [3.63, 3.8) is 0 Å². The summed E-state index contributed by atoms with van der Waals surface area (Å²) in [5, 5.41) is 0. The van der Waals surface area contributed by atoms with Gasteiger partial charge in [-0.05, 0) is 24.0 Å². The van der Waals surface area contributed by atoms with Gasteiger partial charge in [0, 0.05) is 13.2 Å². The largest absolute Gasteiger partial charge is 0.371 e. The first-order chi connectivity index (χ1) is 12.1. The molecule has 4 nitrogen and oxygen atoms in total. The van der Waals surface area contributed by atoms with Crippen molar-refractivity contribution in [3.05, 3.63) is 71.8 Å². The average Bonchev–Trinajstić information content (AvgIpc) is 2.99. The Morgan fingerprint density at radius 1 is 1.00 bits per heavy atom. The highest BCUT2D eigenvalue weighted by molar-refractivity contribution is 7.89. The van der Waals surface area contributed by atoms with Crippen LogP contribution in [0.3, 0.4) is 0 Å². The minimum absolute atomic E-state index is 0.214. The number of sulfonamides is 1. The monoisotopic (exact) mass is 359 g/mol. The predicted octanol–water partition coefficient (Wildman–Crippen LogP) is 3.93. The van der Waals surface area contributed by atoms with E-state index in [2.05, 4.69) is 6.92 Å². The van der Waals surface area contributed by atoms with Crippen LogP contribution in [0.25, 0.3) is 0 Å². The van der Waals surface area contributed by atoms with E-state index in [1.54, 1.807) is 4.31 Å². The normalized spacial score (nSPS) is 19.6. The summed E-state index contributed by atoms with van der Waals surface area (Å²) in [4.78, 5) is 0. The van der Waals surface area contributed by atoms with E-state index < -0.39 is 10.0 Å². The highest BCUT2D eigenvalue weighted by atomic mass is 32.2. The highest BCUT2D eigenvalue weighted by Crippen LogP contribution is 2.40. The van der Waals surface area contributed by atoms with E-state index in [4.69, 9.17) is 4.74 Å². The van der Waals surface area contributed by atoms with E-state index in [9.17, 15) is 8.42 Å². The van der Waals surface area contributed by atoms with Gasteiger partial charge in [-0.15, -0.1) is 0 Å². The maximum absolute atomic E-state index is 12.7. The maximum atomic E-state index is 12.7. The van der Waals surface area contributed by atoms with E-state index in [0.29, 0.717) is 19.6 Å². The van der Waals surface area contributed by atoms with E-state index in [-0.39, 0.29) is 17.9 Å². The number of ether oxygens (including phenoxy) is 1. The molecule has 25 heavy (non-hydrogen) atoms. The molecule has 0 amide bonds. The van der Waals surface area contributed by atoms with Gasteiger partial charge in [0.15, 0.2) is 0 Å². The van der Waals surface area contributed by atoms with Crippen molar-refractivity contribution in [1.29, 1.82) is 0 Å². The third kappa shape index (κ3) is 4.11. The molecule has 1 saturated heterocycles. The van der Waals surface area contributed by atoms with Crippen molar-refractivity contribution in [1.82, 2.24) is 4.31 Å². The number of benzene rings is 2. The second-order valence-corrected chi connectivity index (χ2v) is 8.38. The van der Waals surface area contributed by atoms with Crippen LogP contribution in [-0.2, 0) is 14.8 Å². The van der Waals surface area contributed by atoms with Gasteiger partial charge in [-0.25, -0.2) is 8.42 Å². The van der Waals surface area contributed by atoms with Gasteiger partial charge >= 0.3 is 0 Å². The lowest BCUT2D eigenvalue weighted by molar-refractivity contribution is 0.00549. The summed E-state index contributed by atoms with van der Waals surface area (Å²) < 4.78 is 33.1. The average molecular weight is 359 g/mol. The van der Waals surface area contributed by atoms with Gasteiger partial charge in [-0.2, -0.15) is 4.31 Å². The molecular weight excluding hydrogens is 334 g/mol. The first-order valence-electron chi connectivity index (χ1n) is 8.84. The maximum Gasteiger partial charge on any atom is 0.214 e. The van der Waals surface area contributed by atoms with Crippen molar-refractivity contribution in [3.8, 4) is 0 Å². The van der Waals surface area contributed by atoms with Gasteiger partial charge in [0.25, 0.3) is 0 Å². The van der Waals surface area contributed by atoms with E-state index in [0.717, 1.165) is 17.5 Å². The third-order valence-corrected chi connectivity index (χ3v) is 6.43. The fraction of sp³-hybridized carbons (Fsp3) is 0.400. The Morgan fingerprint density at radius 2 is 1.60 bits per heavy atom. The van der Waals surface area contributed by atoms with Crippen LogP contribution in [0.15, 0.2) is 60.7 Å². The molecule has 0 radical (unpaired) electrons. The molecule has 5 heteroatoms. The van der Waals surface area contributed by atoms with Crippen LogP contribution in [0.5, 0.6) is 0 Å². The van der Waals surface area contributed by atoms with Gasteiger partial charge in [-0.3, -0.25) is 0 Å². The summed E-state index contributed by atoms with van der Waals surface area (Å²) in [5.74, 6) is 0.214. The first-order valence-corrected chi connectivity index (χ1v) is 10.5. The van der Waals surface area contributed by atoms with Crippen molar-refractivity contribution < 1.29 is 13.2 Å². The Bertz CT molecular complexity index is 762. The van der Waals surface area contributed by atoms with Gasteiger partial charge < -0.3 is 4.74 Å². The molecule has 0 saturated carbocycles. The molecule has 0 aliphatic carbocycles. The van der Waals surface area contributed by atoms with Crippen LogP contribution in [0.2, 0.25) is 0 Å². The van der Waals surface area contributed by atoms with Crippen LogP contribution in [0, 0.1) is 0 Å². The molecule has 1 aliphatic rings. The SMILES string of the molecule is CCCO[C@@H](c1ccccc1)[C@@H](c1ccccc1)N1CCCS1(=O)=O. The molecule has 0 aromatic heterocycles. The Balaban J connectivity index is 2.07. The highest BCUT2D eigenvalue weighted by Gasteiger charge is 2.40. The van der Waals surface area contributed by atoms with Crippen molar-refractivity contribution in [2.24, 2.45) is 0 Å². The molecule has 2 atom stereocenters. The number of nitrogens with zero attached hydrogens (tertiary/aromatic N) is 1. The molecule has 1 heterocycles. The zero-order valence-corrected chi connectivity index (χ0v) is 15.4. The molecule has 0 bridgehead atoms. The van der Waals surface area contributed by atoms with Crippen molar-refractivity contribution >= 4 is 10.0 Å². The van der Waals surface area contributed by atoms with E-state index >= 15 is 0 Å². The van der Waals surface area contributed by atoms with Crippen LogP contribution < -0.4 is 0 Å². The molecule has 1 aliphatic heterocycles. The van der Waals surface area contributed by atoms with Crippen LogP contribution in [0.4, 0.5) is 0 Å². The molecule has 3 rings (SSSR count). The third-order valence-electron chi connectivity index (χ3n) is 4.51. The second-order valence-electron chi connectivity index (χ2n) is 6.34. The first kappa shape index (κ1) is 18.1. The molecule has 2 aromatic rings. The fourth-order valence-electron chi connectivity index (χ4n) is 3.37. The Morgan fingerprint density at radius 3 is 2.12 bits per heavy atom. The van der Waals surface area contributed by atoms with Gasteiger partial charge in [0.05, 0.1) is 11.8 Å². The van der Waals surface area contributed by atoms with Crippen LogP contribution in [0.1, 0.15) is 43.0 Å². The fourth-order valence-corrected chi connectivity index (χ4v) is 5.08. The van der Waals surface area contributed by atoms with E-state index in [1.165, 1.54) is 0 Å². The quantitative estimate of drug-likeness (QED) is 0.752. The van der Waals surface area contributed by atoms with Crippen LogP contribution in [-0.4, -0.2) is 31.6 Å². The minimum atomic E-state index is -3.26. The molecule has 0 N–H and O–H groups in total. The van der Waals surface area contributed by atoms with Crippen LogP contribution >= 0.6 is 0 Å². The predicted molar refractivity (Wildman–Crippen MR) is 99.7 cm³/mol. The Kier molecular flexibility index (Phi) is 5.89. The van der Waals surface area contributed by atoms with Crippen molar-refractivity contribution in [2.75, 3.05) is 18.9 Å². The summed E-state index contributed by atoms with van der Waals surface area (Å²) >= 11 is 0. The lowest BCUT2D eigenvalue weighted by Crippen LogP contribution is -2.35. The number of rotatable bonds is 7.